The van der Waals surface area contributed by atoms with Crippen LogP contribution in [-0.4, -0.2) is 565 Å². The van der Waals surface area contributed by atoms with Crippen LogP contribution in [0.1, 0.15) is 0 Å². The van der Waals surface area contributed by atoms with Crippen LogP contribution in [0.5, 0.6) is 0 Å². The van der Waals surface area contributed by atoms with E-state index in [0.29, 0.717) is 79.3 Å². The minimum absolute atomic E-state index is 0. The fourth-order valence-electron chi connectivity index (χ4n) is 6.03. The standard InChI is InChI=1S/2C18H36N2O6.2K.12Pb.Pt/c2*1-7-21-13-14-24-10-4-20-5-11-25-17-15-22-8-2-19(1)3-9-23-16-18-26-12-6-20;;;;;;;;;;;;;;;/h2*1-18H2;;;;;;;;;;;;;;;/q;;2*+1;;;;;;;;;;;;;/p+4. The molecule has 4 bridgehead atoms. The summed E-state index contributed by atoms with van der Waals surface area (Å²) in [5.74, 6) is 0. The molecule has 366 valence electrons. The molecule has 6 rings (SSSR count). The van der Waals surface area contributed by atoms with Crippen molar-refractivity contribution in [2.75, 3.05) is 237 Å². The average Bonchev–Trinajstić information content (AvgIpc) is 3.15. The fourth-order valence-corrected chi connectivity index (χ4v) is 6.03. The summed E-state index contributed by atoms with van der Waals surface area (Å²) >= 11 is 0. The van der Waals surface area contributed by atoms with Crippen molar-refractivity contribution in [2.24, 2.45) is 0 Å². The molecular formula is C36H76K2N4O12Pb12Pt+6. The Morgan fingerprint density at radius 2 is 0.224 bits per heavy atom. The normalized spacial score (nSPS) is 23.6. The summed E-state index contributed by atoms with van der Waals surface area (Å²) in [6, 6.07) is 0. The number of fused-ring (bicyclic) bond motifs is 42. The quantitative estimate of drug-likeness (QED) is 0.172. The molecule has 0 aromatic rings. The Kier molecular flexibility index (Phi) is 154. The van der Waals surface area contributed by atoms with E-state index in [4.69, 9.17) is 56.8 Å². The zero-order valence-corrected chi connectivity index (χ0v) is 95.8. The van der Waals surface area contributed by atoms with E-state index in [1.807, 2.05) is 0 Å². The maximum absolute atomic E-state index is 5.73. The van der Waals surface area contributed by atoms with Crippen LogP contribution in [0.25, 0.3) is 0 Å². The molecule has 31 heteroatoms. The Labute approximate surface area is 747 Å². The number of hydrogen-bond donors (Lipinski definition) is 4. The summed E-state index contributed by atoms with van der Waals surface area (Å²) in [7, 11) is 0. The second-order valence-corrected chi connectivity index (χ2v) is 13.3. The zero-order chi connectivity index (χ0) is 36.3. The van der Waals surface area contributed by atoms with E-state index in [0.717, 1.165) is 158 Å². The van der Waals surface area contributed by atoms with Crippen molar-refractivity contribution in [1.82, 2.24) is 0 Å². The van der Waals surface area contributed by atoms with Gasteiger partial charge in [0.15, 0.2) is 0 Å². The van der Waals surface area contributed by atoms with Crippen molar-refractivity contribution in [2.45, 2.75) is 0 Å². The van der Waals surface area contributed by atoms with Crippen LogP contribution in [-0.2, 0) is 77.9 Å². The molecular weight excluding hydrogens is 3440 g/mol. The number of rotatable bonds is 0. The first-order chi connectivity index (χ1) is 25.9. The molecule has 0 aromatic carbocycles. The third kappa shape index (κ3) is 76.4. The molecule has 0 spiro atoms. The zero-order valence-electron chi connectivity index (χ0n) is 40.7. The van der Waals surface area contributed by atoms with Crippen molar-refractivity contribution in [1.29, 1.82) is 0 Å². The first kappa shape index (κ1) is 112. The Morgan fingerprint density at radius 1 is 0.149 bits per heavy atom. The molecule has 6 heterocycles. The fraction of sp³-hybridized carbons (Fsp3) is 1.00. The van der Waals surface area contributed by atoms with Gasteiger partial charge in [0, 0.05) is 349 Å². The van der Waals surface area contributed by atoms with Crippen LogP contribution >= 0.6 is 0 Å². The van der Waals surface area contributed by atoms with E-state index in [1.165, 1.54) is 19.6 Å². The van der Waals surface area contributed by atoms with E-state index < -0.39 is 0 Å². The van der Waals surface area contributed by atoms with E-state index in [9.17, 15) is 0 Å². The van der Waals surface area contributed by atoms with Crippen molar-refractivity contribution in [3.8, 4) is 0 Å². The first-order valence-corrected chi connectivity index (χ1v) is 20.2. The van der Waals surface area contributed by atoms with Gasteiger partial charge >= 0.3 is 103 Å². The molecule has 67 heavy (non-hydrogen) atoms. The maximum Gasteiger partial charge on any atom is 1.00 e. The van der Waals surface area contributed by atoms with Gasteiger partial charge < -0.3 is 76.4 Å². The van der Waals surface area contributed by atoms with Crippen molar-refractivity contribution in [3.63, 3.8) is 0 Å². The molecule has 0 atom stereocenters. The summed E-state index contributed by atoms with van der Waals surface area (Å²) in [6.07, 6.45) is 0. The number of quaternary nitrogens is 4. The Morgan fingerprint density at radius 3 is 0.299 bits per heavy atom. The number of ether oxygens (including phenoxy) is 12. The molecule has 0 saturated carbocycles. The molecule has 0 amide bonds. The molecule has 0 aliphatic carbocycles. The smallest absolute Gasteiger partial charge is 0.373 e. The van der Waals surface area contributed by atoms with Gasteiger partial charge in [-0.2, -0.15) is 0 Å². The minimum Gasteiger partial charge on any atom is -0.373 e. The van der Waals surface area contributed by atoms with Gasteiger partial charge in [-0.25, -0.2) is 0 Å². The van der Waals surface area contributed by atoms with Gasteiger partial charge in [-0.3, -0.25) is 0 Å². The second kappa shape index (κ2) is 91.6. The van der Waals surface area contributed by atoms with Gasteiger partial charge in [-0.15, -0.1) is 0 Å². The molecule has 6 aliphatic rings. The second-order valence-electron chi connectivity index (χ2n) is 13.3. The minimum atomic E-state index is 0. The summed E-state index contributed by atoms with van der Waals surface area (Å²) in [5.41, 5.74) is 0. The van der Waals surface area contributed by atoms with Gasteiger partial charge in [0.05, 0.1) is 159 Å². The van der Waals surface area contributed by atoms with Crippen LogP contribution in [0.4, 0.5) is 0 Å². The van der Waals surface area contributed by atoms with Gasteiger partial charge in [-0.05, 0) is 0 Å². The van der Waals surface area contributed by atoms with E-state index in [1.54, 1.807) is 0 Å². The topological polar surface area (TPSA) is 129 Å². The van der Waals surface area contributed by atoms with Crippen LogP contribution in [0.3, 0.4) is 0 Å². The number of nitrogens with one attached hydrogen (secondary N) is 4. The first-order valence-electron chi connectivity index (χ1n) is 20.2. The molecule has 4 N–H and O–H groups in total. The molecule has 6 aliphatic heterocycles. The monoisotopic (exact) mass is 3530 g/mol. The van der Waals surface area contributed by atoms with Crippen LogP contribution in [0.15, 0.2) is 0 Å². The molecule has 6 saturated heterocycles. The van der Waals surface area contributed by atoms with Crippen LogP contribution in [0, 0.1) is 0 Å². The maximum atomic E-state index is 5.73. The van der Waals surface area contributed by atoms with Crippen LogP contribution in [0.2, 0.25) is 0 Å². The van der Waals surface area contributed by atoms with Gasteiger partial charge in [0.2, 0.25) is 0 Å². The van der Waals surface area contributed by atoms with Gasteiger partial charge in [-0.1, -0.05) is 0 Å². The van der Waals surface area contributed by atoms with Gasteiger partial charge in [0.1, 0.15) is 78.5 Å². The third-order valence-corrected chi connectivity index (χ3v) is 9.43. The van der Waals surface area contributed by atoms with Gasteiger partial charge in [0.25, 0.3) is 0 Å². The summed E-state index contributed by atoms with van der Waals surface area (Å²) in [6.45, 7) is 28.2. The molecule has 0 unspecified atom stereocenters. The van der Waals surface area contributed by atoms with Crippen molar-refractivity contribution >= 4 is 328 Å². The van der Waals surface area contributed by atoms with Crippen LogP contribution < -0.4 is 122 Å². The molecule has 6 fully saturated rings. The summed E-state index contributed by atoms with van der Waals surface area (Å²) < 4.78 is 68.7. The largest absolute Gasteiger partial charge is 1.00 e. The Bertz CT molecular complexity index is 618. The van der Waals surface area contributed by atoms with E-state index >= 15 is 0 Å². The number of hydrogen-bond acceptors (Lipinski definition) is 12. The Balaban J connectivity index is -0.0000000647. The van der Waals surface area contributed by atoms with E-state index in [2.05, 4.69) is 0 Å². The summed E-state index contributed by atoms with van der Waals surface area (Å²) in [5, 5.41) is 0. The predicted octanol–water partition coefficient (Wildman–Crippen LogP) is -16.8. The van der Waals surface area contributed by atoms with Crippen molar-refractivity contribution < 1.29 is 200 Å². The van der Waals surface area contributed by atoms with Crippen molar-refractivity contribution in [3.05, 3.63) is 0 Å². The average molecular weight is 3520 g/mol. The SMILES string of the molecule is C1COCC[NH+]2CCOCCOCC[NH+](CCO1)CCOCCOCC2.C1COCC[NH+]2CCOCCOCC[NH+](CCO1)CCOCCOCC2.[K+].[K+].[Pb].[Pb].[Pb].[Pb].[Pb].[Pb].[Pb].[Pb].[Pb].[Pb].[Pb].[Pb].[Pt]. The summed E-state index contributed by atoms with van der Waals surface area (Å²) in [4.78, 5) is 5.76. The molecule has 16 nitrogen and oxygen atoms in total. The predicted molar refractivity (Wildman–Crippen MR) is 261 cm³/mol. The molecule has 0 aromatic heterocycles. The van der Waals surface area contributed by atoms with E-state index in [-0.39, 0.29) is 451 Å². The molecule has 48 radical (unpaired) electrons. The third-order valence-electron chi connectivity index (χ3n) is 9.43. The Hall–Kier alpha value is 14.4.